The number of nitrogens with one attached hydrogen (secondary N) is 2. The van der Waals surface area contributed by atoms with E-state index in [9.17, 15) is 18.0 Å². The lowest BCUT2D eigenvalue weighted by Gasteiger charge is -2.17. The number of carbonyl (C=O) groups excluding carboxylic acids is 1. The van der Waals surface area contributed by atoms with Gasteiger partial charge in [0.1, 0.15) is 5.82 Å². The molecule has 7 nitrogen and oxygen atoms in total. The van der Waals surface area contributed by atoms with Crippen molar-refractivity contribution in [3.8, 4) is 0 Å². The first kappa shape index (κ1) is 24.1. The number of alkyl halides is 3. The minimum atomic E-state index is -5.08. The molecule has 1 amide bonds. The summed E-state index contributed by atoms with van der Waals surface area (Å²) in [5.74, 6) is -2.07. The van der Waals surface area contributed by atoms with Gasteiger partial charge in [-0.25, -0.2) is 14.8 Å². The number of thiophene rings is 1. The molecule has 2 aliphatic rings. The number of hydrogen-bond acceptors (Lipinski definition) is 6. The molecule has 11 heteroatoms. The van der Waals surface area contributed by atoms with Gasteiger partial charge in [0.25, 0.3) is 5.91 Å². The van der Waals surface area contributed by atoms with Gasteiger partial charge in [-0.1, -0.05) is 0 Å². The summed E-state index contributed by atoms with van der Waals surface area (Å²) in [6.45, 7) is 3.51. The summed E-state index contributed by atoms with van der Waals surface area (Å²) in [4.78, 5) is 32.6. The van der Waals surface area contributed by atoms with E-state index in [-0.39, 0.29) is 5.91 Å². The summed E-state index contributed by atoms with van der Waals surface area (Å²) >= 11 is 1.58. The van der Waals surface area contributed by atoms with Crippen molar-refractivity contribution in [1.29, 1.82) is 0 Å². The highest BCUT2D eigenvalue weighted by molar-refractivity contribution is 7.14. The maximum absolute atomic E-state index is 12.4. The van der Waals surface area contributed by atoms with Crippen LogP contribution in [0.5, 0.6) is 0 Å². The van der Waals surface area contributed by atoms with E-state index in [4.69, 9.17) is 9.90 Å². The third-order valence-electron chi connectivity index (χ3n) is 5.34. The average Bonchev–Trinajstić information content (AvgIpc) is 3.43. The van der Waals surface area contributed by atoms with Crippen LogP contribution in [0.2, 0.25) is 0 Å². The summed E-state index contributed by atoms with van der Waals surface area (Å²) in [6, 6.07) is 4.41. The lowest BCUT2D eigenvalue weighted by molar-refractivity contribution is -0.192. The summed E-state index contributed by atoms with van der Waals surface area (Å²) in [5, 5.41) is 13.6. The van der Waals surface area contributed by atoms with E-state index < -0.39 is 12.1 Å². The number of halogens is 3. The third kappa shape index (κ3) is 6.26. The first-order chi connectivity index (χ1) is 15.1. The molecule has 174 valence electrons. The van der Waals surface area contributed by atoms with Gasteiger partial charge in [0.05, 0.1) is 11.4 Å². The van der Waals surface area contributed by atoms with Crippen molar-refractivity contribution in [2.45, 2.75) is 64.2 Å². The molecule has 32 heavy (non-hydrogen) atoms. The van der Waals surface area contributed by atoms with Crippen molar-refractivity contribution in [3.05, 3.63) is 44.7 Å². The highest BCUT2D eigenvalue weighted by Gasteiger charge is 2.38. The zero-order valence-electron chi connectivity index (χ0n) is 17.6. The van der Waals surface area contributed by atoms with Crippen molar-refractivity contribution < 1.29 is 27.9 Å². The molecule has 1 saturated heterocycles. The first-order valence-electron chi connectivity index (χ1n) is 10.4. The highest BCUT2D eigenvalue weighted by atomic mass is 32.1. The number of aromatic nitrogens is 2. The standard InChI is InChI=1S/C19H24N4OS.C2HF3O2/c1-12-13-5-2-3-6-14(13)23-18(22-12)11-21-19(24)17-9-8-16(25-17)15-7-4-10-20-15;3-2(4,5)1(6)7/h8-9,15,20H,2-7,10-11H2,1H3,(H,21,24);(H,6,7). The minimum Gasteiger partial charge on any atom is -0.475 e. The molecule has 0 bridgehead atoms. The fraction of sp³-hybridized carbons (Fsp3) is 0.524. The van der Waals surface area contributed by atoms with Crippen molar-refractivity contribution in [2.75, 3.05) is 6.54 Å². The van der Waals surface area contributed by atoms with E-state index >= 15 is 0 Å². The second kappa shape index (κ2) is 10.4. The lowest BCUT2D eigenvalue weighted by atomic mass is 9.95. The van der Waals surface area contributed by atoms with Crippen LogP contribution in [-0.2, 0) is 24.2 Å². The molecule has 1 aliphatic heterocycles. The number of carbonyl (C=O) groups is 2. The van der Waals surface area contributed by atoms with Gasteiger partial charge in [-0.2, -0.15) is 13.2 Å². The topological polar surface area (TPSA) is 104 Å². The molecule has 0 radical (unpaired) electrons. The molecule has 3 N–H and O–H groups in total. The van der Waals surface area contributed by atoms with Crippen molar-refractivity contribution >= 4 is 23.2 Å². The Morgan fingerprint density at radius 1 is 1.22 bits per heavy atom. The second-order valence-corrected chi connectivity index (χ2v) is 8.81. The minimum absolute atomic E-state index is 0.0341. The number of rotatable bonds is 4. The Morgan fingerprint density at radius 3 is 2.59 bits per heavy atom. The highest BCUT2D eigenvalue weighted by Crippen LogP contribution is 2.29. The summed E-state index contributed by atoms with van der Waals surface area (Å²) in [6.07, 6.45) is 1.82. The maximum atomic E-state index is 12.4. The van der Waals surface area contributed by atoms with Crippen LogP contribution >= 0.6 is 11.3 Å². The van der Waals surface area contributed by atoms with Gasteiger partial charge < -0.3 is 15.7 Å². The Balaban J connectivity index is 0.000000360. The van der Waals surface area contributed by atoms with E-state index in [1.54, 1.807) is 11.3 Å². The molecule has 0 spiro atoms. The number of amides is 1. The second-order valence-electron chi connectivity index (χ2n) is 7.69. The lowest BCUT2D eigenvalue weighted by Crippen LogP contribution is -2.24. The molecule has 1 aliphatic carbocycles. The largest absolute Gasteiger partial charge is 0.490 e. The van der Waals surface area contributed by atoms with Crippen LogP contribution in [0.25, 0.3) is 0 Å². The Labute approximate surface area is 187 Å². The molecule has 1 unspecified atom stereocenters. The normalized spacial score (nSPS) is 17.8. The molecular formula is C21H25F3N4O3S. The van der Waals surface area contributed by atoms with Gasteiger partial charge in [0.15, 0.2) is 0 Å². The van der Waals surface area contributed by atoms with Crippen LogP contribution in [0.15, 0.2) is 12.1 Å². The number of aryl methyl sites for hydroxylation is 2. The Kier molecular flexibility index (Phi) is 7.83. The van der Waals surface area contributed by atoms with Gasteiger partial charge >= 0.3 is 12.1 Å². The van der Waals surface area contributed by atoms with E-state index in [0.29, 0.717) is 12.6 Å². The van der Waals surface area contributed by atoms with E-state index in [2.05, 4.69) is 33.6 Å². The van der Waals surface area contributed by atoms with Crippen molar-refractivity contribution in [1.82, 2.24) is 20.6 Å². The quantitative estimate of drug-likeness (QED) is 0.629. The molecule has 1 atom stereocenters. The van der Waals surface area contributed by atoms with Crippen LogP contribution in [0.4, 0.5) is 13.2 Å². The Morgan fingerprint density at radius 2 is 1.94 bits per heavy atom. The SMILES string of the molecule is Cc1nc(CNC(=O)c2ccc(C3CCCN3)s2)nc2c1CCCC2.O=C(O)C(F)(F)F. The average molecular weight is 471 g/mol. The summed E-state index contributed by atoms with van der Waals surface area (Å²) < 4.78 is 31.7. The van der Waals surface area contributed by atoms with Crippen molar-refractivity contribution in [2.24, 2.45) is 0 Å². The van der Waals surface area contributed by atoms with Gasteiger partial charge in [-0.3, -0.25) is 4.79 Å². The smallest absolute Gasteiger partial charge is 0.475 e. The van der Waals surface area contributed by atoms with E-state index in [0.717, 1.165) is 42.2 Å². The molecule has 0 saturated carbocycles. The summed E-state index contributed by atoms with van der Waals surface area (Å²) in [5.41, 5.74) is 3.56. The number of carboxylic acid groups (broad SMARTS) is 1. The monoisotopic (exact) mass is 470 g/mol. The van der Waals surface area contributed by atoms with E-state index in [1.165, 1.54) is 35.4 Å². The number of aliphatic carboxylic acids is 1. The van der Waals surface area contributed by atoms with Crippen molar-refractivity contribution in [3.63, 3.8) is 0 Å². The molecule has 2 aromatic rings. The first-order valence-corrected chi connectivity index (χ1v) is 11.2. The Bertz CT molecular complexity index is 972. The van der Waals surface area contributed by atoms with Gasteiger partial charge in [-0.05, 0) is 69.7 Å². The molecule has 2 aromatic heterocycles. The molecular weight excluding hydrogens is 445 g/mol. The zero-order chi connectivity index (χ0) is 23.3. The third-order valence-corrected chi connectivity index (χ3v) is 6.54. The van der Waals surface area contributed by atoms with Gasteiger partial charge in [0.2, 0.25) is 0 Å². The molecule has 3 heterocycles. The van der Waals surface area contributed by atoms with Crippen LogP contribution in [0.1, 0.15) is 69.0 Å². The number of fused-ring (bicyclic) bond motifs is 1. The van der Waals surface area contributed by atoms with E-state index in [1.807, 2.05) is 6.07 Å². The van der Waals surface area contributed by atoms with Crippen LogP contribution in [-0.4, -0.2) is 39.7 Å². The van der Waals surface area contributed by atoms with Crippen LogP contribution < -0.4 is 10.6 Å². The fourth-order valence-electron chi connectivity index (χ4n) is 3.76. The molecule has 0 aromatic carbocycles. The van der Waals surface area contributed by atoms with Gasteiger partial charge in [0, 0.05) is 22.3 Å². The Hall–Kier alpha value is -2.53. The number of carboxylic acids is 1. The molecule has 1 fully saturated rings. The fourth-order valence-corrected chi connectivity index (χ4v) is 4.79. The maximum Gasteiger partial charge on any atom is 0.490 e. The van der Waals surface area contributed by atoms with Crippen LogP contribution in [0.3, 0.4) is 0 Å². The zero-order valence-corrected chi connectivity index (χ0v) is 18.4. The predicted octanol–water partition coefficient (Wildman–Crippen LogP) is 3.71. The number of nitrogens with zero attached hydrogens (tertiary/aromatic N) is 2. The van der Waals surface area contributed by atoms with Crippen LogP contribution in [0, 0.1) is 6.92 Å². The predicted molar refractivity (Wildman–Crippen MR) is 113 cm³/mol. The number of hydrogen-bond donors (Lipinski definition) is 3. The van der Waals surface area contributed by atoms with Gasteiger partial charge in [-0.15, -0.1) is 11.3 Å². The molecule has 4 rings (SSSR count). The summed E-state index contributed by atoms with van der Waals surface area (Å²) in [7, 11) is 0.